The van der Waals surface area contributed by atoms with E-state index in [0.29, 0.717) is 11.5 Å². The Kier molecular flexibility index (Phi) is 6.33. The lowest BCUT2D eigenvalue weighted by Crippen LogP contribution is -2.25. The van der Waals surface area contributed by atoms with Gasteiger partial charge in [-0.25, -0.2) is 0 Å². The molecule has 100 valence electrons. The Morgan fingerprint density at radius 1 is 1.44 bits per heavy atom. The molecule has 1 atom stereocenters. The van der Waals surface area contributed by atoms with Crippen LogP contribution in [-0.4, -0.2) is 22.8 Å². The average Bonchev–Trinajstić information content (AvgIpc) is 2.34. The normalized spacial score (nSPS) is 12.2. The number of nitrogens with zero attached hydrogens (tertiary/aromatic N) is 1. The Morgan fingerprint density at radius 3 is 2.78 bits per heavy atom. The number of alkyl halides is 1. The molecular weight excluding hydrogens is 292 g/mol. The molecule has 0 aliphatic heterocycles. The number of aryl methyl sites for hydroxylation is 2. The molecule has 0 saturated heterocycles. The van der Waals surface area contributed by atoms with Gasteiger partial charge in [0.15, 0.2) is 0 Å². The second-order valence-electron chi connectivity index (χ2n) is 4.74. The molecule has 1 N–H and O–H groups in total. The quantitative estimate of drug-likeness (QED) is 0.647. The minimum atomic E-state index is -0.0218. The average molecular weight is 313 g/mol. The molecule has 1 rings (SSSR count). The molecule has 3 nitrogen and oxygen atoms in total. The summed E-state index contributed by atoms with van der Waals surface area (Å²) in [5.41, 5.74) is 2.41. The highest BCUT2D eigenvalue weighted by Gasteiger charge is 2.09. The van der Waals surface area contributed by atoms with Gasteiger partial charge in [0.2, 0.25) is 0 Å². The van der Waals surface area contributed by atoms with E-state index in [4.69, 9.17) is 0 Å². The number of rotatable bonds is 6. The van der Waals surface area contributed by atoms with Crippen LogP contribution in [0.5, 0.6) is 0 Å². The molecule has 0 aliphatic rings. The molecule has 1 aromatic heterocycles. The molecule has 1 heterocycles. The van der Waals surface area contributed by atoms with Crippen molar-refractivity contribution in [1.29, 1.82) is 0 Å². The number of amides is 1. The van der Waals surface area contributed by atoms with Crippen molar-refractivity contribution in [2.24, 2.45) is 5.92 Å². The van der Waals surface area contributed by atoms with Crippen molar-refractivity contribution in [2.75, 3.05) is 11.9 Å². The van der Waals surface area contributed by atoms with Crippen LogP contribution in [0.25, 0.3) is 0 Å². The molecule has 18 heavy (non-hydrogen) atoms. The van der Waals surface area contributed by atoms with Crippen LogP contribution in [0.4, 0.5) is 0 Å². The fourth-order valence-electron chi connectivity index (χ4n) is 1.75. The summed E-state index contributed by atoms with van der Waals surface area (Å²) in [4.78, 5) is 16.2. The first kappa shape index (κ1) is 15.2. The summed E-state index contributed by atoms with van der Waals surface area (Å²) in [6.07, 6.45) is 2.13. The molecule has 0 radical (unpaired) electrons. The van der Waals surface area contributed by atoms with Crippen LogP contribution < -0.4 is 5.32 Å². The van der Waals surface area contributed by atoms with E-state index in [9.17, 15) is 4.79 Å². The zero-order valence-electron chi connectivity index (χ0n) is 11.3. The van der Waals surface area contributed by atoms with E-state index in [1.165, 1.54) is 0 Å². The van der Waals surface area contributed by atoms with E-state index in [-0.39, 0.29) is 5.91 Å². The Balaban J connectivity index is 2.41. The van der Waals surface area contributed by atoms with Gasteiger partial charge in [-0.15, -0.1) is 0 Å². The Morgan fingerprint density at radius 2 is 2.17 bits per heavy atom. The van der Waals surface area contributed by atoms with Gasteiger partial charge >= 0.3 is 0 Å². The molecule has 0 fully saturated rings. The molecular formula is C14H21BrN2O. The smallest absolute Gasteiger partial charge is 0.253 e. The molecule has 4 heteroatoms. The maximum atomic E-state index is 11.9. The van der Waals surface area contributed by atoms with Crippen LogP contribution in [0.15, 0.2) is 12.1 Å². The Labute approximate surface area is 118 Å². The summed E-state index contributed by atoms with van der Waals surface area (Å²) in [7, 11) is 0. The third-order valence-corrected chi connectivity index (χ3v) is 4.00. The summed E-state index contributed by atoms with van der Waals surface area (Å²) in [5, 5.41) is 3.96. The predicted octanol–water partition coefficient (Wildman–Crippen LogP) is 3.24. The van der Waals surface area contributed by atoms with Crippen molar-refractivity contribution in [3.63, 3.8) is 0 Å². The molecule has 1 unspecified atom stereocenters. The number of hydrogen-bond donors (Lipinski definition) is 1. The second kappa shape index (κ2) is 7.52. The topological polar surface area (TPSA) is 42.0 Å². The van der Waals surface area contributed by atoms with Crippen molar-refractivity contribution in [3.05, 3.63) is 29.1 Å². The lowest BCUT2D eigenvalue weighted by molar-refractivity contribution is 0.0951. The van der Waals surface area contributed by atoms with Gasteiger partial charge < -0.3 is 5.32 Å². The first-order valence-corrected chi connectivity index (χ1v) is 7.45. The molecule has 0 bridgehead atoms. The molecule has 0 aliphatic carbocycles. The van der Waals surface area contributed by atoms with Crippen LogP contribution in [0.1, 0.15) is 41.5 Å². The van der Waals surface area contributed by atoms with Crippen LogP contribution in [0, 0.1) is 19.8 Å². The highest BCUT2D eigenvalue weighted by atomic mass is 79.9. The van der Waals surface area contributed by atoms with Crippen LogP contribution in [0.2, 0.25) is 0 Å². The van der Waals surface area contributed by atoms with Gasteiger partial charge in [-0.2, -0.15) is 0 Å². The monoisotopic (exact) mass is 312 g/mol. The minimum absolute atomic E-state index is 0.0218. The van der Waals surface area contributed by atoms with Gasteiger partial charge in [0.1, 0.15) is 0 Å². The van der Waals surface area contributed by atoms with Crippen molar-refractivity contribution in [2.45, 2.75) is 33.6 Å². The second-order valence-corrected chi connectivity index (χ2v) is 5.39. The van der Waals surface area contributed by atoms with Crippen molar-refractivity contribution >= 4 is 21.8 Å². The van der Waals surface area contributed by atoms with Gasteiger partial charge in [-0.1, -0.05) is 22.9 Å². The van der Waals surface area contributed by atoms with E-state index in [0.717, 1.165) is 36.1 Å². The summed E-state index contributed by atoms with van der Waals surface area (Å²) in [6, 6.07) is 3.71. The highest BCUT2D eigenvalue weighted by Crippen LogP contribution is 2.09. The Bertz CT molecular complexity index is 407. The largest absolute Gasteiger partial charge is 0.352 e. The van der Waals surface area contributed by atoms with Gasteiger partial charge in [0.25, 0.3) is 5.91 Å². The zero-order chi connectivity index (χ0) is 13.5. The van der Waals surface area contributed by atoms with Gasteiger partial charge in [-0.3, -0.25) is 9.78 Å². The number of carbonyl (C=O) groups is 1. The van der Waals surface area contributed by atoms with Gasteiger partial charge in [-0.05, 0) is 44.7 Å². The number of carbonyl (C=O) groups excluding carboxylic acids is 1. The standard InChI is InChI=1S/C14H21BrN2O/c1-10(9-15)5-4-8-16-14(18)13-7-6-11(2)17-12(13)3/h6-7,10H,4-5,8-9H2,1-3H3,(H,16,18). The summed E-state index contributed by atoms with van der Waals surface area (Å²) in [5.74, 6) is 0.635. The maximum Gasteiger partial charge on any atom is 0.253 e. The van der Waals surface area contributed by atoms with Crippen molar-refractivity contribution in [1.82, 2.24) is 10.3 Å². The molecule has 1 amide bonds. The lowest BCUT2D eigenvalue weighted by atomic mass is 10.1. The SMILES string of the molecule is Cc1ccc(C(=O)NCCCC(C)CBr)c(C)n1. The van der Waals surface area contributed by atoms with Crippen LogP contribution in [0.3, 0.4) is 0 Å². The van der Waals surface area contributed by atoms with E-state index < -0.39 is 0 Å². The lowest BCUT2D eigenvalue weighted by Gasteiger charge is -2.09. The van der Waals surface area contributed by atoms with E-state index in [1.54, 1.807) is 0 Å². The predicted molar refractivity (Wildman–Crippen MR) is 78.2 cm³/mol. The molecule has 1 aromatic rings. The molecule has 0 spiro atoms. The summed E-state index contributed by atoms with van der Waals surface area (Å²) in [6.45, 7) is 6.72. The van der Waals surface area contributed by atoms with Gasteiger partial charge in [0.05, 0.1) is 11.3 Å². The van der Waals surface area contributed by atoms with E-state index in [2.05, 4.69) is 33.2 Å². The molecule has 0 saturated carbocycles. The van der Waals surface area contributed by atoms with E-state index in [1.807, 2.05) is 26.0 Å². The minimum Gasteiger partial charge on any atom is -0.352 e. The fraction of sp³-hybridized carbons (Fsp3) is 0.571. The Hall–Kier alpha value is -0.900. The summed E-state index contributed by atoms with van der Waals surface area (Å²) < 4.78 is 0. The number of aromatic nitrogens is 1. The highest BCUT2D eigenvalue weighted by molar-refractivity contribution is 9.09. The van der Waals surface area contributed by atoms with Crippen molar-refractivity contribution in [3.8, 4) is 0 Å². The fourth-order valence-corrected chi connectivity index (χ4v) is 2.08. The third kappa shape index (κ3) is 4.77. The van der Waals surface area contributed by atoms with Crippen LogP contribution >= 0.6 is 15.9 Å². The maximum absolute atomic E-state index is 11.9. The van der Waals surface area contributed by atoms with Crippen LogP contribution in [-0.2, 0) is 0 Å². The molecule has 0 aromatic carbocycles. The number of nitrogens with one attached hydrogen (secondary N) is 1. The number of hydrogen-bond acceptors (Lipinski definition) is 2. The zero-order valence-corrected chi connectivity index (χ0v) is 12.9. The first-order chi connectivity index (χ1) is 8.54. The third-order valence-electron chi connectivity index (χ3n) is 2.89. The van der Waals surface area contributed by atoms with Crippen molar-refractivity contribution < 1.29 is 4.79 Å². The summed E-state index contributed by atoms with van der Waals surface area (Å²) >= 11 is 3.45. The van der Waals surface area contributed by atoms with E-state index >= 15 is 0 Å². The number of halogens is 1. The van der Waals surface area contributed by atoms with Gasteiger partial charge in [0, 0.05) is 17.6 Å². The first-order valence-electron chi connectivity index (χ1n) is 6.33. The number of pyridine rings is 1.